The van der Waals surface area contributed by atoms with Gasteiger partial charge in [-0.2, -0.15) is 0 Å². The monoisotopic (exact) mass is 301 g/mol. The topological polar surface area (TPSA) is 75.9 Å². The van der Waals surface area contributed by atoms with E-state index in [2.05, 4.69) is 25.8 Å². The van der Waals surface area contributed by atoms with Crippen LogP contribution in [0.5, 0.6) is 0 Å². The normalized spacial score (nSPS) is 14.5. The van der Waals surface area contributed by atoms with Crippen molar-refractivity contribution in [3.05, 3.63) is 34.6 Å². The first-order valence-corrected chi connectivity index (χ1v) is 7.95. The van der Waals surface area contributed by atoms with Gasteiger partial charge in [-0.05, 0) is 39.7 Å². The van der Waals surface area contributed by atoms with Crippen molar-refractivity contribution in [1.29, 1.82) is 0 Å². The molecule has 2 aromatic heterocycles. The summed E-state index contributed by atoms with van der Waals surface area (Å²) >= 11 is 0. The van der Waals surface area contributed by atoms with Crippen molar-refractivity contribution < 1.29 is 4.52 Å². The van der Waals surface area contributed by atoms with E-state index in [1.165, 1.54) is 16.8 Å². The Morgan fingerprint density at radius 3 is 2.91 bits per heavy atom. The molecular formula is C16H23N5O. The lowest BCUT2D eigenvalue weighted by atomic mass is 10.1. The molecule has 118 valence electrons. The van der Waals surface area contributed by atoms with Gasteiger partial charge in [-0.1, -0.05) is 5.16 Å². The lowest BCUT2D eigenvalue weighted by molar-refractivity contribution is 0.392. The van der Waals surface area contributed by atoms with Crippen LogP contribution in [0, 0.1) is 13.8 Å². The van der Waals surface area contributed by atoms with Crippen LogP contribution in [-0.4, -0.2) is 34.8 Å². The highest BCUT2D eigenvalue weighted by atomic mass is 16.5. The van der Waals surface area contributed by atoms with Gasteiger partial charge in [0.15, 0.2) is 0 Å². The minimum absolute atomic E-state index is 0.890. The van der Waals surface area contributed by atoms with E-state index in [1.54, 1.807) is 6.33 Å². The maximum atomic E-state index is 5.20. The predicted octanol–water partition coefficient (Wildman–Crippen LogP) is 1.81. The Kier molecular flexibility index (Phi) is 4.68. The van der Waals surface area contributed by atoms with Gasteiger partial charge in [-0.3, -0.25) is 0 Å². The Balaban J connectivity index is 1.58. The fourth-order valence-corrected chi connectivity index (χ4v) is 2.96. The molecular weight excluding hydrogens is 278 g/mol. The van der Waals surface area contributed by atoms with Crippen LogP contribution in [0.1, 0.15) is 34.7 Å². The summed E-state index contributed by atoms with van der Waals surface area (Å²) in [5.74, 6) is 1.92. The lowest BCUT2D eigenvalue weighted by Crippen LogP contribution is -2.16. The number of hydrogen-bond donors (Lipinski definition) is 2. The number of hydrogen-bond acceptors (Lipinski definition) is 6. The van der Waals surface area contributed by atoms with Crippen LogP contribution in [0.2, 0.25) is 0 Å². The van der Waals surface area contributed by atoms with Crippen LogP contribution in [-0.2, 0) is 19.3 Å². The molecule has 0 aliphatic carbocycles. The van der Waals surface area contributed by atoms with Gasteiger partial charge in [0.05, 0.1) is 11.4 Å². The molecule has 0 aromatic carbocycles. The Labute approximate surface area is 130 Å². The average Bonchev–Trinajstić information content (AvgIpc) is 2.73. The molecule has 2 aromatic rings. The second-order valence-corrected chi connectivity index (χ2v) is 5.73. The van der Waals surface area contributed by atoms with E-state index >= 15 is 0 Å². The first kappa shape index (κ1) is 15.0. The Morgan fingerprint density at radius 2 is 2.09 bits per heavy atom. The zero-order chi connectivity index (χ0) is 15.4. The number of anilines is 1. The SMILES string of the molecule is Cc1noc(C)c1CCCNc1ncnc2c1CCNCC2. The van der Waals surface area contributed by atoms with Crippen LogP contribution in [0.4, 0.5) is 5.82 Å². The van der Waals surface area contributed by atoms with Crippen LogP contribution >= 0.6 is 0 Å². The van der Waals surface area contributed by atoms with E-state index < -0.39 is 0 Å². The molecule has 1 aliphatic rings. The summed E-state index contributed by atoms with van der Waals surface area (Å²) in [6, 6.07) is 0. The highest BCUT2D eigenvalue weighted by Gasteiger charge is 2.14. The van der Waals surface area contributed by atoms with Crippen LogP contribution in [0.25, 0.3) is 0 Å². The van der Waals surface area contributed by atoms with Crippen molar-refractivity contribution in [2.45, 2.75) is 39.5 Å². The molecule has 2 N–H and O–H groups in total. The molecule has 3 heterocycles. The summed E-state index contributed by atoms with van der Waals surface area (Å²) in [5.41, 5.74) is 4.67. The maximum Gasteiger partial charge on any atom is 0.137 e. The van der Waals surface area contributed by atoms with Gasteiger partial charge in [-0.25, -0.2) is 9.97 Å². The second-order valence-electron chi connectivity index (χ2n) is 5.73. The lowest BCUT2D eigenvalue weighted by Gasteiger charge is -2.12. The van der Waals surface area contributed by atoms with E-state index in [4.69, 9.17) is 4.52 Å². The summed E-state index contributed by atoms with van der Waals surface area (Å²) < 4.78 is 5.20. The number of aryl methyl sites for hydroxylation is 2. The van der Waals surface area contributed by atoms with Gasteiger partial charge in [0.1, 0.15) is 17.9 Å². The third-order valence-corrected chi connectivity index (χ3v) is 4.20. The Morgan fingerprint density at radius 1 is 1.23 bits per heavy atom. The highest BCUT2D eigenvalue weighted by Crippen LogP contribution is 2.19. The number of fused-ring (bicyclic) bond motifs is 1. The van der Waals surface area contributed by atoms with Crippen molar-refractivity contribution in [3.8, 4) is 0 Å². The predicted molar refractivity (Wildman–Crippen MR) is 85.1 cm³/mol. The third-order valence-electron chi connectivity index (χ3n) is 4.20. The summed E-state index contributed by atoms with van der Waals surface area (Å²) in [7, 11) is 0. The smallest absolute Gasteiger partial charge is 0.137 e. The minimum atomic E-state index is 0.890. The van der Waals surface area contributed by atoms with Crippen LogP contribution in [0.15, 0.2) is 10.9 Å². The maximum absolute atomic E-state index is 5.20. The van der Waals surface area contributed by atoms with Crippen molar-refractivity contribution in [3.63, 3.8) is 0 Å². The van der Waals surface area contributed by atoms with Gasteiger partial charge in [-0.15, -0.1) is 0 Å². The van der Waals surface area contributed by atoms with Crippen molar-refractivity contribution in [2.75, 3.05) is 25.0 Å². The van der Waals surface area contributed by atoms with Gasteiger partial charge < -0.3 is 15.2 Å². The highest BCUT2D eigenvalue weighted by molar-refractivity contribution is 5.46. The van der Waals surface area contributed by atoms with Crippen molar-refractivity contribution >= 4 is 5.82 Å². The Bertz CT molecular complexity index is 618. The van der Waals surface area contributed by atoms with Gasteiger partial charge in [0.2, 0.25) is 0 Å². The molecule has 6 nitrogen and oxygen atoms in total. The van der Waals surface area contributed by atoms with Crippen molar-refractivity contribution in [2.24, 2.45) is 0 Å². The van der Waals surface area contributed by atoms with Gasteiger partial charge >= 0.3 is 0 Å². The van der Waals surface area contributed by atoms with Crippen LogP contribution in [0.3, 0.4) is 0 Å². The summed E-state index contributed by atoms with van der Waals surface area (Å²) in [6.07, 6.45) is 5.64. The zero-order valence-electron chi connectivity index (χ0n) is 13.3. The van der Waals surface area contributed by atoms with Crippen LogP contribution < -0.4 is 10.6 Å². The van der Waals surface area contributed by atoms with E-state index in [0.29, 0.717) is 0 Å². The minimum Gasteiger partial charge on any atom is -0.370 e. The molecule has 0 amide bonds. The standard InChI is InChI=1S/C16H23N5O/c1-11-13(12(2)22-21-11)4-3-7-18-16-14-5-8-17-9-6-15(14)19-10-20-16/h10,17H,3-9H2,1-2H3,(H,18,19,20). The summed E-state index contributed by atoms with van der Waals surface area (Å²) in [5, 5.41) is 10.9. The van der Waals surface area contributed by atoms with E-state index in [9.17, 15) is 0 Å². The molecule has 0 fully saturated rings. The number of nitrogens with zero attached hydrogens (tertiary/aromatic N) is 3. The number of nitrogens with one attached hydrogen (secondary N) is 2. The molecule has 6 heteroatoms. The molecule has 0 unspecified atom stereocenters. The molecule has 0 spiro atoms. The molecule has 0 atom stereocenters. The fourth-order valence-electron chi connectivity index (χ4n) is 2.96. The molecule has 0 radical (unpaired) electrons. The zero-order valence-corrected chi connectivity index (χ0v) is 13.3. The first-order chi connectivity index (χ1) is 10.8. The van der Waals surface area contributed by atoms with Crippen molar-refractivity contribution in [1.82, 2.24) is 20.4 Å². The Hall–Kier alpha value is -1.95. The molecule has 0 saturated heterocycles. The molecule has 1 aliphatic heterocycles. The number of rotatable bonds is 5. The van der Waals surface area contributed by atoms with E-state index in [1.807, 2.05) is 13.8 Å². The molecule has 22 heavy (non-hydrogen) atoms. The molecule has 0 bridgehead atoms. The van der Waals surface area contributed by atoms with E-state index in [0.717, 1.165) is 62.6 Å². The average molecular weight is 301 g/mol. The largest absolute Gasteiger partial charge is 0.370 e. The van der Waals surface area contributed by atoms with E-state index in [-0.39, 0.29) is 0 Å². The summed E-state index contributed by atoms with van der Waals surface area (Å²) in [6.45, 7) is 6.85. The second kappa shape index (κ2) is 6.87. The quantitative estimate of drug-likeness (QED) is 0.820. The first-order valence-electron chi connectivity index (χ1n) is 7.95. The van der Waals surface area contributed by atoms with Gasteiger partial charge in [0.25, 0.3) is 0 Å². The molecule has 3 rings (SSSR count). The number of aromatic nitrogens is 3. The third kappa shape index (κ3) is 3.27. The summed E-state index contributed by atoms with van der Waals surface area (Å²) in [4.78, 5) is 8.84. The molecule has 0 saturated carbocycles. The van der Waals surface area contributed by atoms with Gasteiger partial charge in [0, 0.05) is 30.6 Å². The fraction of sp³-hybridized carbons (Fsp3) is 0.562.